The average Bonchev–Trinajstić information content (AvgIpc) is 2.78. The zero-order valence-corrected chi connectivity index (χ0v) is 15.5. The lowest BCUT2D eigenvalue weighted by Gasteiger charge is -2.04. The van der Waals surface area contributed by atoms with Crippen LogP contribution in [0.15, 0.2) is 47.1 Å². The summed E-state index contributed by atoms with van der Waals surface area (Å²) in [5, 5.41) is 1.58. The molecule has 0 aliphatic rings. The summed E-state index contributed by atoms with van der Waals surface area (Å²) in [6, 6.07) is 11.3. The third-order valence-corrected chi connectivity index (χ3v) is 4.97. The Morgan fingerprint density at radius 2 is 1.95 bits per heavy atom. The fourth-order valence-corrected chi connectivity index (χ4v) is 3.44. The summed E-state index contributed by atoms with van der Waals surface area (Å²) in [5.74, 6) is 0.00770. The van der Waals surface area contributed by atoms with Crippen molar-refractivity contribution in [1.29, 1.82) is 0 Å². The molecular weight excluding hydrogens is 464 g/mol. The number of benzene rings is 2. The van der Waals surface area contributed by atoms with Crippen molar-refractivity contribution in [2.75, 3.05) is 0 Å². The van der Waals surface area contributed by atoms with E-state index in [-0.39, 0.29) is 5.78 Å². The highest BCUT2D eigenvalue weighted by Gasteiger charge is 2.18. The topological polar surface area (TPSA) is 22.0 Å². The zero-order valence-electron chi connectivity index (χ0n) is 11.0. The van der Waals surface area contributed by atoms with Crippen LogP contribution in [0.5, 0.6) is 0 Å². The van der Waals surface area contributed by atoms with E-state index in [0.717, 1.165) is 18.9 Å². The minimum Gasteiger partial charge on any atom is -0.350 e. The van der Waals surface area contributed by atoms with Gasteiger partial charge in [0.15, 0.2) is 5.78 Å². The van der Waals surface area contributed by atoms with Crippen LogP contribution < -0.4 is 0 Å². The number of hydrogen-bond acceptors (Lipinski definition) is 1. The Morgan fingerprint density at radius 3 is 2.71 bits per heavy atom. The number of carbonyl (C=O) groups is 1. The first-order valence-electron chi connectivity index (χ1n) is 6.21. The molecule has 0 fully saturated rings. The lowest BCUT2D eigenvalue weighted by Crippen LogP contribution is -2.02. The summed E-state index contributed by atoms with van der Waals surface area (Å²) in [6.45, 7) is 0. The molecule has 0 saturated heterocycles. The average molecular weight is 475 g/mol. The highest BCUT2D eigenvalue weighted by atomic mass is 127. The molecule has 0 bridgehead atoms. The van der Waals surface area contributed by atoms with Crippen molar-refractivity contribution < 1.29 is 4.79 Å². The molecule has 2 nitrogen and oxygen atoms in total. The van der Waals surface area contributed by atoms with Gasteiger partial charge < -0.3 is 4.57 Å². The van der Waals surface area contributed by atoms with Gasteiger partial charge >= 0.3 is 0 Å². The molecule has 0 unspecified atom stereocenters. The normalized spacial score (nSPS) is 11.0. The molecule has 0 radical (unpaired) electrons. The third kappa shape index (κ3) is 2.76. The molecule has 0 spiro atoms. The van der Waals surface area contributed by atoms with E-state index in [4.69, 9.17) is 11.6 Å². The predicted octanol–water partition coefficient (Wildman–Crippen LogP) is 5.43. The molecule has 0 N–H and O–H groups in total. The fourth-order valence-electron chi connectivity index (χ4n) is 2.35. The first kappa shape index (κ1) is 15.1. The van der Waals surface area contributed by atoms with Crippen LogP contribution in [0.2, 0.25) is 5.02 Å². The van der Waals surface area contributed by atoms with Gasteiger partial charge in [-0.05, 0) is 52.9 Å². The Morgan fingerprint density at radius 1 is 1.19 bits per heavy atom. The van der Waals surface area contributed by atoms with Gasteiger partial charge in [-0.25, -0.2) is 0 Å². The molecule has 0 saturated carbocycles. The van der Waals surface area contributed by atoms with Gasteiger partial charge in [0.1, 0.15) is 0 Å². The van der Waals surface area contributed by atoms with E-state index in [9.17, 15) is 4.79 Å². The molecule has 3 aromatic rings. The molecule has 5 heteroatoms. The van der Waals surface area contributed by atoms with Gasteiger partial charge in [-0.2, -0.15) is 0 Å². The van der Waals surface area contributed by atoms with Crippen LogP contribution in [0, 0.1) is 3.57 Å². The van der Waals surface area contributed by atoms with Crippen LogP contribution in [0.1, 0.15) is 15.9 Å². The summed E-state index contributed by atoms with van der Waals surface area (Å²) in [4.78, 5) is 12.9. The maximum absolute atomic E-state index is 12.9. The molecule has 21 heavy (non-hydrogen) atoms. The lowest BCUT2D eigenvalue weighted by molar-refractivity contribution is 0.103. The van der Waals surface area contributed by atoms with Crippen molar-refractivity contribution in [3.8, 4) is 0 Å². The number of halogens is 3. The highest BCUT2D eigenvalue weighted by Crippen LogP contribution is 2.28. The number of fused-ring (bicyclic) bond motifs is 1. The van der Waals surface area contributed by atoms with Crippen LogP contribution in [0.4, 0.5) is 0 Å². The number of aryl methyl sites for hydroxylation is 1. The summed E-state index contributed by atoms with van der Waals surface area (Å²) >= 11 is 11.7. The lowest BCUT2D eigenvalue weighted by atomic mass is 10.0. The largest absolute Gasteiger partial charge is 0.350 e. The quantitative estimate of drug-likeness (QED) is 0.359. The predicted molar refractivity (Wildman–Crippen MR) is 98.2 cm³/mol. The minimum atomic E-state index is 0.00770. The van der Waals surface area contributed by atoms with E-state index in [1.54, 1.807) is 0 Å². The molecule has 3 rings (SSSR count). The molecule has 0 atom stereocenters. The molecule has 0 amide bonds. The van der Waals surface area contributed by atoms with Gasteiger partial charge in [0.2, 0.25) is 0 Å². The van der Waals surface area contributed by atoms with Crippen LogP contribution in [-0.4, -0.2) is 10.4 Å². The summed E-state index contributed by atoms with van der Waals surface area (Å²) in [5.41, 5.74) is 2.31. The first-order chi connectivity index (χ1) is 9.97. The highest BCUT2D eigenvalue weighted by molar-refractivity contribution is 14.1. The Hall–Kier alpha value is -0.850. The van der Waals surface area contributed by atoms with Crippen molar-refractivity contribution in [1.82, 2.24) is 4.57 Å². The maximum Gasteiger partial charge on any atom is 0.196 e. The molecular formula is C16H10BrClINO. The SMILES string of the molecule is Cn1cc(C(=O)c2cc(I)ccc2Br)c2ccc(Cl)cc21. The smallest absolute Gasteiger partial charge is 0.196 e. The van der Waals surface area contributed by atoms with Gasteiger partial charge in [-0.1, -0.05) is 33.6 Å². The Bertz CT molecular complexity index is 872. The first-order valence-corrected chi connectivity index (χ1v) is 8.46. The van der Waals surface area contributed by atoms with E-state index in [1.807, 2.05) is 54.2 Å². The Balaban J connectivity index is 2.21. The van der Waals surface area contributed by atoms with Crippen molar-refractivity contribution in [2.24, 2.45) is 7.05 Å². The van der Waals surface area contributed by atoms with E-state index < -0.39 is 0 Å². The van der Waals surface area contributed by atoms with E-state index >= 15 is 0 Å². The molecule has 106 valence electrons. The minimum absolute atomic E-state index is 0.00770. The Labute approximate surface area is 149 Å². The summed E-state index contributed by atoms with van der Waals surface area (Å²) in [6.07, 6.45) is 1.86. The second kappa shape index (κ2) is 5.74. The number of ketones is 1. The van der Waals surface area contributed by atoms with Crippen molar-refractivity contribution in [2.45, 2.75) is 0 Å². The van der Waals surface area contributed by atoms with Crippen molar-refractivity contribution in [3.05, 3.63) is 66.8 Å². The molecule has 1 aromatic heterocycles. The van der Waals surface area contributed by atoms with Crippen LogP contribution in [0.3, 0.4) is 0 Å². The summed E-state index contributed by atoms with van der Waals surface area (Å²) < 4.78 is 3.76. The molecule has 2 aromatic carbocycles. The van der Waals surface area contributed by atoms with Crippen LogP contribution in [-0.2, 0) is 7.05 Å². The fraction of sp³-hybridized carbons (Fsp3) is 0.0625. The number of rotatable bonds is 2. The number of nitrogens with zero attached hydrogens (tertiary/aromatic N) is 1. The molecule has 0 aliphatic carbocycles. The number of hydrogen-bond donors (Lipinski definition) is 0. The second-order valence-corrected chi connectivity index (χ2v) is 7.30. The number of aromatic nitrogens is 1. The van der Waals surface area contributed by atoms with Crippen LogP contribution in [0.25, 0.3) is 10.9 Å². The second-order valence-electron chi connectivity index (χ2n) is 4.77. The van der Waals surface area contributed by atoms with Crippen molar-refractivity contribution in [3.63, 3.8) is 0 Å². The van der Waals surface area contributed by atoms with Crippen LogP contribution >= 0.6 is 50.1 Å². The van der Waals surface area contributed by atoms with Gasteiger partial charge in [-0.3, -0.25) is 4.79 Å². The molecule has 1 heterocycles. The van der Waals surface area contributed by atoms with E-state index in [1.165, 1.54) is 0 Å². The number of carbonyl (C=O) groups excluding carboxylic acids is 1. The van der Waals surface area contributed by atoms with Gasteiger partial charge in [-0.15, -0.1) is 0 Å². The van der Waals surface area contributed by atoms with E-state index in [2.05, 4.69) is 38.5 Å². The van der Waals surface area contributed by atoms with Gasteiger partial charge in [0.05, 0.1) is 0 Å². The van der Waals surface area contributed by atoms with Gasteiger partial charge in [0.25, 0.3) is 0 Å². The standard InChI is InChI=1S/C16H10BrClINO/c1-20-8-13(11-4-2-9(18)6-15(11)20)16(21)12-7-10(19)3-5-14(12)17/h2-8H,1H3. The monoisotopic (exact) mass is 473 g/mol. The summed E-state index contributed by atoms with van der Waals surface area (Å²) in [7, 11) is 1.92. The van der Waals surface area contributed by atoms with Crippen molar-refractivity contribution >= 4 is 66.8 Å². The molecule has 0 aliphatic heterocycles. The Kier molecular flexibility index (Phi) is 4.12. The third-order valence-electron chi connectivity index (χ3n) is 3.37. The van der Waals surface area contributed by atoms with E-state index in [0.29, 0.717) is 16.1 Å². The maximum atomic E-state index is 12.9. The van der Waals surface area contributed by atoms with Gasteiger partial charge in [0, 0.05) is 48.3 Å². The zero-order chi connectivity index (χ0) is 15.1.